The van der Waals surface area contributed by atoms with E-state index in [0.29, 0.717) is 36.2 Å². The third kappa shape index (κ3) is 3.53. The van der Waals surface area contributed by atoms with Gasteiger partial charge >= 0.3 is 0 Å². The molecule has 5 heteroatoms. The number of hydrogen-bond acceptors (Lipinski definition) is 4. The lowest BCUT2D eigenvalue weighted by molar-refractivity contribution is 0.0982. The lowest BCUT2D eigenvalue weighted by Gasteiger charge is -2.21. The fourth-order valence-electron chi connectivity index (χ4n) is 3.21. The summed E-state index contributed by atoms with van der Waals surface area (Å²) < 4.78 is 10.9. The molecule has 1 unspecified atom stereocenters. The summed E-state index contributed by atoms with van der Waals surface area (Å²) in [6.07, 6.45) is 4.29. The van der Waals surface area contributed by atoms with Crippen molar-refractivity contribution < 1.29 is 13.9 Å². The van der Waals surface area contributed by atoms with Crippen LogP contribution in [0.5, 0.6) is 0 Å². The number of ether oxygens (including phenoxy) is 1. The maximum Gasteiger partial charge on any atom is 0.259 e. The largest absolute Gasteiger partial charge is 0.467 e. The highest BCUT2D eigenvalue weighted by atomic mass is 16.5. The van der Waals surface area contributed by atoms with E-state index in [-0.39, 0.29) is 5.91 Å². The van der Waals surface area contributed by atoms with Crippen molar-refractivity contribution in [3.63, 3.8) is 0 Å². The normalized spacial score (nSPS) is 16.5. The number of rotatable bonds is 5. The van der Waals surface area contributed by atoms with Crippen molar-refractivity contribution in [3.05, 3.63) is 83.9 Å². The average Bonchev–Trinajstić information content (AvgIpc) is 3.40. The molecule has 1 aromatic carbocycles. The molecule has 5 nitrogen and oxygen atoms in total. The molecule has 0 radical (unpaired) electrons. The van der Waals surface area contributed by atoms with Gasteiger partial charge in [-0.15, -0.1) is 0 Å². The zero-order valence-corrected chi connectivity index (χ0v) is 14.4. The zero-order valence-electron chi connectivity index (χ0n) is 14.4. The Kier molecular flexibility index (Phi) is 4.80. The minimum absolute atomic E-state index is 0.0964. The van der Waals surface area contributed by atoms with Crippen LogP contribution in [0.25, 0.3) is 0 Å². The van der Waals surface area contributed by atoms with Crippen LogP contribution < -0.4 is 4.90 Å². The molecule has 0 spiro atoms. The van der Waals surface area contributed by atoms with Crippen molar-refractivity contribution in [2.75, 3.05) is 18.1 Å². The monoisotopic (exact) mass is 348 g/mol. The van der Waals surface area contributed by atoms with E-state index in [0.717, 1.165) is 18.6 Å². The topological polar surface area (TPSA) is 55.6 Å². The van der Waals surface area contributed by atoms with E-state index >= 15 is 0 Å². The van der Waals surface area contributed by atoms with Crippen LogP contribution in [0.4, 0.5) is 5.82 Å². The van der Waals surface area contributed by atoms with Crippen LogP contribution in [0.3, 0.4) is 0 Å². The smallest absolute Gasteiger partial charge is 0.259 e. The Hall–Kier alpha value is -2.92. The number of furan rings is 1. The number of carbonyl (C=O) groups excluding carboxylic acids is 1. The summed E-state index contributed by atoms with van der Waals surface area (Å²) >= 11 is 0. The van der Waals surface area contributed by atoms with Gasteiger partial charge in [-0.05, 0) is 48.4 Å². The maximum absolute atomic E-state index is 13.3. The van der Waals surface area contributed by atoms with Gasteiger partial charge in [0.25, 0.3) is 5.91 Å². The minimum Gasteiger partial charge on any atom is -0.467 e. The molecule has 0 bridgehead atoms. The van der Waals surface area contributed by atoms with E-state index in [4.69, 9.17) is 9.15 Å². The van der Waals surface area contributed by atoms with E-state index in [9.17, 15) is 4.79 Å². The summed E-state index contributed by atoms with van der Waals surface area (Å²) in [5.74, 6) is 1.57. The number of benzene rings is 1. The molecular weight excluding hydrogens is 328 g/mol. The Labute approximate surface area is 152 Å². The number of pyridine rings is 1. The SMILES string of the molecule is O=C(c1cccc(C2CCOC2)c1)N(Cc1ccco1)c1ccccn1. The molecule has 1 saturated heterocycles. The second-order valence-electron chi connectivity index (χ2n) is 6.34. The summed E-state index contributed by atoms with van der Waals surface area (Å²) in [6.45, 7) is 1.83. The quantitative estimate of drug-likeness (QED) is 0.699. The highest BCUT2D eigenvalue weighted by molar-refractivity contribution is 6.05. The maximum atomic E-state index is 13.3. The average molecular weight is 348 g/mol. The van der Waals surface area contributed by atoms with Crippen molar-refractivity contribution >= 4 is 11.7 Å². The number of hydrogen-bond donors (Lipinski definition) is 0. The second-order valence-corrected chi connectivity index (χ2v) is 6.34. The van der Waals surface area contributed by atoms with Gasteiger partial charge in [0, 0.05) is 24.3 Å². The van der Waals surface area contributed by atoms with Gasteiger partial charge in [0.2, 0.25) is 0 Å². The molecule has 4 rings (SSSR count). The van der Waals surface area contributed by atoms with Gasteiger partial charge in [-0.2, -0.15) is 0 Å². The molecule has 1 atom stereocenters. The highest BCUT2D eigenvalue weighted by Crippen LogP contribution is 2.27. The molecule has 1 aliphatic rings. The van der Waals surface area contributed by atoms with E-state index in [1.165, 1.54) is 0 Å². The summed E-state index contributed by atoms with van der Waals surface area (Å²) in [7, 11) is 0. The number of anilines is 1. The number of aromatic nitrogens is 1. The van der Waals surface area contributed by atoms with Crippen molar-refractivity contribution in [2.45, 2.75) is 18.9 Å². The van der Waals surface area contributed by atoms with Crippen molar-refractivity contribution in [1.82, 2.24) is 4.98 Å². The molecule has 0 N–H and O–H groups in total. The predicted octanol–water partition coefficient (Wildman–Crippen LogP) is 4.03. The molecule has 132 valence electrons. The molecule has 0 saturated carbocycles. The predicted molar refractivity (Wildman–Crippen MR) is 98.1 cm³/mol. The van der Waals surface area contributed by atoms with Crippen molar-refractivity contribution in [1.29, 1.82) is 0 Å². The summed E-state index contributed by atoms with van der Waals surface area (Å²) in [5, 5.41) is 0. The molecular formula is C21H20N2O3. The van der Waals surface area contributed by atoms with Crippen LogP contribution in [-0.2, 0) is 11.3 Å². The Morgan fingerprint density at radius 2 is 2.12 bits per heavy atom. The summed E-state index contributed by atoms with van der Waals surface area (Å²) in [4.78, 5) is 19.2. The first-order valence-corrected chi connectivity index (χ1v) is 8.74. The van der Waals surface area contributed by atoms with E-state index < -0.39 is 0 Å². The number of amides is 1. The number of carbonyl (C=O) groups is 1. The molecule has 3 aromatic rings. The number of nitrogens with zero attached hydrogens (tertiary/aromatic N) is 2. The van der Waals surface area contributed by atoms with Crippen LogP contribution in [0.1, 0.15) is 34.0 Å². The van der Waals surface area contributed by atoms with E-state index in [1.807, 2.05) is 48.5 Å². The molecule has 1 amide bonds. The van der Waals surface area contributed by atoms with Crippen LogP contribution >= 0.6 is 0 Å². The molecule has 0 aliphatic carbocycles. The van der Waals surface area contributed by atoms with Gasteiger partial charge in [-0.1, -0.05) is 18.2 Å². The van der Waals surface area contributed by atoms with Crippen molar-refractivity contribution in [2.24, 2.45) is 0 Å². The van der Waals surface area contributed by atoms with Crippen molar-refractivity contribution in [3.8, 4) is 0 Å². The van der Waals surface area contributed by atoms with Gasteiger partial charge in [0.1, 0.15) is 11.6 Å². The Morgan fingerprint density at radius 1 is 1.15 bits per heavy atom. The molecule has 3 heterocycles. The Balaban J connectivity index is 1.64. The first-order valence-electron chi connectivity index (χ1n) is 8.74. The van der Waals surface area contributed by atoms with Crippen LogP contribution in [0.15, 0.2) is 71.5 Å². The zero-order chi connectivity index (χ0) is 17.8. The Bertz CT molecular complexity index is 856. The van der Waals surface area contributed by atoms with Gasteiger partial charge in [-0.3, -0.25) is 9.69 Å². The lowest BCUT2D eigenvalue weighted by Crippen LogP contribution is -2.31. The first-order chi connectivity index (χ1) is 12.8. The van der Waals surface area contributed by atoms with Gasteiger partial charge in [0.15, 0.2) is 0 Å². The third-order valence-corrected chi connectivity index (χ3v) is 4.60. The van der Waals surface area contributed by atoms with Crippen LogP contribution in [0.2, 0.25) is 0 Å². The molecule has 26 heavy (non-hydrogen) atoms. The van der Waals surface area contributed by atoms with E-state index in [2.05, 4.69) is 11.1 Å². The van der Waals surface area contributed by atoms with E-state index in [1.54, 1.807) is 17.4 Å². The third-order valence-electron chi connectivity index (χ3n) is 4.60. The minimum atomic E-state index is -0.0964. The molecule has 1 fully saturated rings. The first kappa shape index (κ1) is 16.5. The standard InChI is InChI=1S/C21H20N2O3/c24-21(17-6-3-5-16(13-17)18-9-12-25-15-18)23(14-19-7-4-11-26-19)20-8-1-2-10-22-20/h1-8,10-11,13,18H,9,12,14-15H2. The highest BCUT2D eigenvalue weighted by Gasteiger charge is 2.23. The van der Waals surface area contributed by atoms with Crippen LogP contribution in [0, 0.1) is 0 Å². The molecule has 1 aliphatic heterocycles. The Morgan fingerprint density at radius 3 is 2.85 bits per heavy atom. The van der Waals surface area contributed by atoms with Crippen LogP contribution in [-0.4, -0.2) is 24.1 Å². The fraction of sp³-hybridized carbons (Fsp3) is 0.238. The summed E-state index contributed by atoms with van der Waals surface area (Å²) in [6, 6.07) is 17.0. The molecule has 2 aromatic heterocycles. The van der Waals surface area contributed by atoms with Gasteiger partial charge in [-0.25, -0.2) is 4.98 Å². The van der Waals surface area contributed by atoms with Gasteiger partial charge in [0.05, 0.1) is 19.4 Å². The lowest BCUT2D eigenvalue weighted by atomic mass is 9.96. The van der Waals surface area contributed by atoms with Gasteiger partial charge < -0.3 is 9.15 Å². The summed E-state index contributed by atoms with van der Waals surface area (Å²) in [5.41, 5.74) is 1.79. The fourth-order valence-corrected chi connectivity index (χ4v) is 3.21. The second kappa shape index (κ2) is 7.54.